The Labute approximate surface area is 95.8 Å². The van der Waals surface area contributed by atoms with Crippen LogP contribution >= 0.6 is 0 Å². The molecule has 3 heteroatoms. The van der Waals surface area contributed by atoms with E-state index in [0.717, 1.165) is 18.5 Å². The molecule has 0 aromatic carbocycles. The zero-order valence-electron chi connectivity index (χ0n) is 9.77. The minimum Gasteiger partial charge on any atom is -0.465 e. The van der Waals surface area contributed by atoms with Gasteiger partial charge in [0.1, 0.15) is 0 Å². The van der Waals surface area contributed by atoms with Crippen molar-refractivity contribution in [3.05, 3.63) is 29.6 Å². The normalized spacial score (nSPS) is 22.9. The number of rotatable bonds is 4. The van der Waals surface area contributed by atoms with Crippen LogP contribution in [0.25, 0.3) is 0 Å². The van der Waals surface area contributed by atoms with Gasteiger partial charge in [-0.15, -0.1) is 0 Å². The lowest BCUT2D eigenvalue weighted by Gasteiger charge is -2.02. The summed E-state index contributed by atoms with van der Waals surface area (Å²) in [7, 11) is 0. The minimum atomic E-state index is -0.0600. The molecular formula is C13H17NO2. The maximum atomic E-state index is 11.6. The Balaban J connectivity index is 1.93. The lowest BCUT2D eigenvalue weighted by Crippen LogP contribution is -2.08. The maximum absolute atomic E-state index is 11.6. The van der Waals surface area contributed by atoms with Gasteiger partial charge in [-0.3, -0.25) is 9.78 Å². The molecule has 0 saturated heterocycles. The number of pyridine rings is 1. The first-order valence-corrected chi connectivity index (χ1v) is 5.81. The summed E-state index contributed by atoms with van der Waals surface area (Å²) in [6.45, 7) is 4.57. The van der Waals surface area contributed by atoms with E-state index in [1.165, 1.54) is 5.56 Å². The molecule has 1 heterocycles. The highest BCUT2D eigenvalue weighted by Gasteiger charge is 2.46. The van der Waals surface area contributed by atoms with Crippen molar-refractivity contribution >= 4 is 5.97 Å². The predicted molar refractivity (Wildman–Crippen MR) is 61.1 cm³/mol. The SMILES string of the molecule is CCCOC(=O)[C@H]1C[C@@H]1c1cc(C)ccn1. The first kappa shape index (κ1) is 11.1. The van der Waals surface area contributed by atoms with Crippen LogP contribution in [0.5, 0.6) is 0 Å². The Kier molecular flexibility index (Phi) is 3.22. The highest BCUT2D eigenvalue weighted by atomic mass is 16.5. The van der Waals surface area contributed by atoms with Crippen molar-refractivity contribution in [3.8, 4) is 0 Å². The number of ether oxygens (including phenoxy) is 1. The van der Waals surface area contributed by atoms with Crippen molar-refractivity contribution in [1.82, 2.24) is 4.98 Å². The van der Waals surface area contributed by atoms with Gasteiger partial charge in [-0.25, -0.2) is 0 Å². The Morgan fingerprint density at radius 2 is 2.44 bits per heavy atom. The second-order valence-electron chi connectivity index (χ2n) is 4.37. The Morgan fingerprint density at radius 1 is 1.62 bits per heavy atom. The van der Waals surface area contributed by atoms with Crippen molar-refractivity contribution in [3.63, 3.8) is 0 Å². The topological polar surface area (TPSA) is 39.2 Å². The van der Waals surface area contributed by atoms with Crippen LogP contribution in [-0.2, 0) is 9.53 Å². The molecule has 0 radical (unpaired) electrons. The molecule has 0 N–H and O–H groups in total. The van der Waals surface area contributed by atoms with Crippen LogP contribution in [0.1, 0.15) is 36.9 Å². The predicted octanol–water partition coefficient (Wildman–Crippen LogP) is 2.45. The fourth-order valence-electron chi connectivity index (χ4n) is 1.85. The Morgan fingerprint density at radius 3 is 3.12 bits per heavy atom. The molecule has 2 rings (SSSR count). The number of carbonyl (C=O) groups is 1. The Hall–Kier alpha value is -1.38. The second-order valence-corrected chi connectivity index (χ2v) is 4.37. The fourth-order valence-corrected chi connectivity index (χ4v) is 1.85. The van der Waals surface area contributed by atoms with E-state index in [2.05, 4.69) is 11.1 Å². The first-order valence-electron chi connectivity index (χ1n) is 5.81. The van der Waals surface area contributed by atoms with Gasteiger partial charge < -0.3 is 4.74 Å². The molecule has 0 spiro atoms. The molecule has 0 aliphatic heterocycles. The summed E-state index contributed by atoms with van der Waals surface area (Å²) in [5.74, 6) is 0.264. The third-order valence-corrected chi connectivity index (χ3v) is 2.86. The summed E-state index contributed by atoms with van der Waals surface area (Å²) >= 11 is 0. The van der Waals surface area contributed by atoms with E-state index in [1.54, 1.807) is 6.20 Å². The van der Waals surface area contributed by atoms with Crippen LogP contribution in [0.4, 0.5) is 0 Å². The molecule has 86 valence electrons. The molecule has 1 aliphatic rings. The molecule has 2 atom stereocenters. The molecule has 1 aromatic heterocycles. The third-order valence-electron chi connectivity index (χ3n) is 2.86. The molecule has 1 saturated carbocycles. The summed E-state index contributed by atoms with van der Waals surface area (Å²) in [5, 5.41) is 0. The third kappa shape index (κ3) is 2.40. The number of esters is 1. The highest BCUT2D eigenvalue weighted by Crippen LogP contribution is 2.47. The summed E-state index contributed by atoms with van der Waals surface area (Å²) < 4.78 is 5.13. The molecule has 0 bridgehead atoms. The van der Waals surface area contributed by atoms with Gasteiger partial charge in [-0.1, -0.05) is 6.92 Å². The number of nitrogens with zero attached hydrogens (tertiary/aromatic N) is 1. The van der Waals surface area contributed by atoms with Crippen molar-refractivity contribution in [2.24, 2.45) is 5.92 Å². The van der Waals surface area contributed by atoms with E-state index < -0.39 is 0 Å². The summed E-state index contributed by atoms with van der Waals surface area (Å²) in [4.78, 5) is 15.9. The van der Waals surface area contributed by atoms with E-state index in [0.29, 0.717) is 6.61 Å². The van der Waals surface area contributed by atoms with Gasteiger partial charge in [-0.2, -0.15) is 0 Å². The summed E-state index contributed by atoms with van der Waals surface area (Å²) in [5.41, 5.74) is 2.22. The van der Waals surface area contributed by atoms with E-state index >= 15 is 0 Å². The number of carbonyl (C=O) groups excluding carboxylic acids is 1. The van der Waals surface area contributed by atoms with Crippen LogP contribution in [0, 0.1) is 12.8 Å². The van der Waals surface area contributed by atoms with Crippen LogP contribution in [0.15, 0.2) is 18.3 Å². The number of aromatic nitrogens is 1. The van der Waals surface area contributed by atoms with E-state index in [1.807, 2.05) is 19.9 Å². The zero-order valence-corrected chi connectivity index (χ0v) is 9.77. The van der Waals surface area contributed by atoms with Crippen LogP contribution in [0.3, 0.4) is 0 Å². The van der Waals surface area contributed by atoms with Gasteiger partial charge in [0.25, 0.3) is 0 Å². The fraction of sp³-hybridized carbons (Fsp3) is 0.538. The largest absolute Gasteiger partial charge is 0.465 e. The molecule has 1 fully saturated rings. The number of hydrogen-bond acceptors (Lipinski definition) is 3. The smallest absolute Gasteiger partial charge is 0.309 e. The number of aryl methyl sites for hydroxylation is 1. The molecule has 1 aliphatic carbocycles. The lowest BCUT2D eigenvalue weighted by atomic mass is 10.2. The molecular weight excluding hydrogens is 202 g/mol. The van der Waals surface area contributed by atoms with Gasteiger partial charge in [0.15, 0.2) is 0 Å². The van der Waals surface area contributed by atoms with Crippen LogP contribution < -0.4 is 0 Å². The van der Waals surface area contributed by atoms with Gasteiger partial charge in [0.05, 0.1) is 12.5 Å². The average molecular weight is 219 g/mol. The van der Waals surface area contributed by atoms with Gasteiger partial charge in [-0.05, 0) is 37.5 Å². The standard InChI is InChI=1S/C13H17NO2/c1-3-6-16-13(15)11-8-10(11)12-7-9(2)4-5-14-12/h4-5,7,10-11H,3,6,8H2,1-2H3/t10-,11-/m0/s1. The monoisotopic (exact) mass is 219 g/mol. The summed E-state index contributed by atoms with van der Waals surface area (Å²) in [6.07, 6.45) is 3.57. The van der Waals surface area contributed by atoms with Crippen molar-refractivity contribution in [2.75, 3.05) is 6.61 Å². The quantitative estimate of drug-likeness (QED) is 0.730. The Bertz CT molecular complexity index is 389. The van der Waals surface area contributed by atoms with E-state index in [9.17, 15) is 4.79 Å². The molecule has 0 amide bonds. The minimum absolute atomic E-state index is 0.0425. The summed E-state index contributed by atoms with van der Waals surface area (Å²) in [6, 6.07) is 4.02. The molecule has 3 nitrogen and oxygen atoms in total. The maximum Gasteiger partial charge on any atom is 0.309 e. The van der Waals surface area contributed by atoms with E-state index in [4.69, 9.17) is 4.74 Å². The van der Waals surface area contributed by atoms with Gasteiger partial charge in [0, 0.05) is 17.8 Å². The molecule has 16 heavy (non-hydrogen) atoms. The highest BCUT2D eigenvalue weighted by molar-refractivity contribution is 5.77. The molecule has 1 aromatic rings. The first-order chi connectivity index (χ1) is 7.72. The average Bonchev–Trinajstić information content (AvgIpc) is 3.06. The van der Waals surface area contributed by atoms with Crippen molar-refractivity contribution in [2.45, 2.75) is 32.6 Å². The zero-order chi connectivity index (χ0) is 11.5. The van der Waals surface area contributed by atoms with Crippen LogP contribution in [-0.4, -0.2) is 17.6 Å². The van der Waals surface area contributed by atoms with Crippen LogP contribution in [0.2, 0.25) is 0 Å². The number of hydrogen-bond donors (Lipinski definition) is 0. The molecule has 0 unspecified atom stereocenters. The lowest BCUT2D eigenvalue weighted by molar-refractivity contribution is -0.145. The second kappa shape index (κ2) is 4.64. The van der Waals surface area contributed by atoms with Gasteiger partial charge in [0.2, 0.25) is 0 Å². The van der Waals surface area contributed by atoms with Crippen molar-refractivity contribution < 1.29 is 9.53 Å². The van der Waals surface area contributed by atoms with Gasteiger partial charge >= 0.3 is 5.97 Å². The van der Waals surface area contributed by atoms with E-state index in [-0.39, 0.29) is 17.8 Å². The van der Waals surface area contributed by atoms with Crippen molar-refractivity contribution in [1.29, 1.82) is 0 Å².